The predicted molar refractivity (Wildman–Crippen MR) is 48.7 cm³/mol. The maximum absolute atomic E-state index is 12.9. The van der Waals surface area contributed by atoms with E-state index in [0.29, 0.717) is 0 Å². The lowest BCUT2D eigenvalue weighted by atomic mass is 9.48. The molecular formula is C6H9BFN3Si. The minimum Gasteiger partial charge on any atom is -0.465 e. The van der Waals surface area contributed by atoms with Gasteiger partial charge in [-0.1, -0.05) is 11.9 Å². The molecule has 0 radical (unpaired) electrons. The van der Waals surface area contributed by atoms with E-state index in [4.69, 9.17) is 10.5 Å². The Morgan fingerprint density at radius 1 is 1.25 bits per heavy atom. The Morgan fingerprint density at radius 3 is 1.92 bits per heavy atom. The Labute approximate surface area is 72.3 Å². The SMILES string of the molecule is C[Si](C)(C)[N+]#C[B-](F)(C#N)C#N. The Bertz CT molecular complexity index is 297. The lowest BCUT2D eigenvalue weighted by Gasteiger charge is -1.97. The molecule has 0 unspecified atom stereocenters. The van der Waals surface area contributed by atoms with E-state index in [1.165, 1.54) is 11.9 Å². The van der Waals surface area contributed by atoms with E-state index >= 15 is 0 Å². The van der Waals surface area contributed by atoms with Crippen LogP contribution in [0.5, 0.6) is 0 Å². The van der Waals surface area contributed by atoms with E-state index in [1.54, 1.807) is 0 Å². The van der Waals surface area contributed by atoms with Gasteiger partial charge in [0, 0.05) is 19.6 Å². The molecule has 0 N–H and O–H groups in total. The van der Waals surface area contributed by atoms with Crippen molar-refractivity contribution in [3.8, 4) is 17.9 Å². The Morgan fingerprint density at radius 2 is 1.67 bits per heavy atom. The molecule has 0 saturated carbocycles. The fourth-order valence-electron chi connectivity index (χ4n) is 0.369. The zero-order valence-electron chi connectivity index (χ0n) is 7.30. The monoisotopic (exact) mass is 181 g/mol. The third kappa shape index (κ3) is 3.75. The van der Waals surface area contributed by atoms with Crippen LogP contribution < -0.4 is 0 Å². The molecule has 0 spiro atoms. The highest BCUT2D eigenvalue weighted by molar-refractivity contribution is 6.95. The molecule has 0 heterocycles. The van der Waals surface area contributed by atoms with Gasteiger partial charge in [-0.25, -0.2) is 15.0 Å². The number of rotatable bonds is 0. The van der Waals surface area contributed by atoms with Crippen LogP contribution in [0.15, 0.2) is 0 Å². The molecule has 0 bridgehead atoms. The first-order valence-electron chi connectivity index (χ1n) is 3.48. The van der Waals surface area contributed by atoms with Gasteiger partial charge < -0.3 is 4.32 Å². The summed E-state index contributed by atoms with van der Waals surface area (Å²) >= 11 is 0. The first kappa shape index (κ1) is 10.7. The zero-order chi connectivity index (χ0) is 9.83. The van der Waals surface area contributed by atoms with Crippen LogP contribution in [-0.4, -0.2) is 14.7 Å². The van der Waals surface area contributed by atoms with E-state index in [1.807, 2.05) is 25.6 Å². The standard InChI is InChI=1S/C6H9BFN3Si/c1-12(2,3)11-6-7(8,4-9)5-10/h1-3H3. The summed E-state index contributed by atoms with van der Waals surface area (Å²) in [5, 5.41) is 16.5. The molecule has 0 rings (SSSR count). The molecule has 0 aliphatic carbocycles. The fraction of sp³-hybridized carbons (Fsp3) is 0.500. The van der Waals surface area contributed by atoms with Crippen molar-refractivity contribution in [1.82, 2.24) is 0 Å². The summed E-state index contributed by atoms with van der Waals surface area (Å²) < 4.78 is 16.7. The average molecular weight is 181 g/mol. The fourth-order valence-corrected chi connectivity index (χ4v) is 0.934. The normalized spacial score (nSPS) is 10.5. The van der Waals surface area contributed by atoms with Crippen molar-refractivity contribution in [2.45, 2.75) is 19.6 Å². The Balaban J connectivity index is 4.76. The molecule has 0 atom stereocenters. The number of nitrogens with zero attached hydrogens (tertiary/aromatic N) is 3. The molecule has 0 saturated heterocycles. The van der Waals surface area contributed by atoms with E-state index < -0.39 is 14.7 Å². The highest BCUT2D eigenvalue weighted by atomic mass is 28.3. The molecule has 0 fully saturated rings. The Hall–Kier alpha value is -1.32. The molecule has 62 valence electrons. The summed E-state index contributed by atoms with van der Waals surface area (Å²) in [7, 11) is -1.81. The second kappa shape index (κ2) is 3.39. The predicted octanol–water partition coefficient (Wildman–Crippen LogP) is 1.73. The van der Waals surface area contributed by atoms with Gasteiger partial charge in [-0.3, -0.25) is 0 Å². The van der Waals surface area contributed by atoms with Gasteiger partial charge in [-0.05, 0) is 0 Å². The topological polar surface area (TPSA) is 51.9 Å². The summed E-state index contributed by atoms with van der Waals surface area (Å²) in [4.78, 5) is 0. The van der Waals surface area contributed by atoms with Crippen LogP contribution in [0, 0.1) is 28.4 Å². The molecule has 0 aromatic carbocycles. The first-order chi connectivity index (χ1) is 5.33. The van der Waals surface area contributed by atoms with Crippen molar-refractivity contribution in [3.63, 3.8) is 0 Å². The second-order valence-corrected chi connectivity index (χ2v) is 8.00. The summed E-state index contributed by atoms with van der Waals surface area (Å²) in [5.74, 6) is 4.50. The van der Waals surface area contributed by atoms with E-state index in [-0.39, 0.29) is 0 Å². The molecule has 0 aromatic rings. The lowest BCUT2D eigenvalue weighted by molar-refractivity contribution is 0.846. The van der Waals surface area contributed by atoms with Crippen LogP contribution in [-0.2, 0) is 0 Å². The second-order valence-electron chi connectivity index (χ2n) is 3.43. The molecule has 6 heteroatoms. The summed E-state index contributed by atoms with van der Waals surface area (Å²) in [6, 6.07) is 0. The van der Waals surface area contributed by atoms with E-state index in [9.17, 15) is 4.32 Å². The summed E-state index contributed by atoms with van der Waals surface area (Å²) in [6.07, 6.45) is -3.31. The van der Waals surface area contributed by atoms with E-state index in [2.05, 4.69) is 4.51 Å². The lowest BCUT2D eigenvalue weighted by Crippen LogP contribution is -2.24. The van der Waals surface area contributed by atoms with Gasteiger partial charge >= 0.3 is 14.7 Å². The third-order valence-electron chi connectivity index (χ3n) is 0.934. The minimum atomic E-state index is -3.31. The highest BCUT2D eigenvalue weighted by Gasteiger charge is 2.32. The zero-order valence-corrected chi connectivity index (χ0v) is 8.30. The van der Waals surface area contributed by atoms with Crippen LogP contribution in [0.25, 0.3) is 4.51 Å². The van der Waals surface area contributed by atoms with Gasteiger partial charge in [-0.2, -0.15) is 0 Å². The van der Waals surface area contributed by atoms with Gasteiger partial charge in [0.15, 0.2) is 0 Å². The molecule has 0 aliphatic rings. The smallest absolute Gasteiger partial charge is 0.465 e. The first-order valence-corrected chi connectivity index (χ1v) is 6.93. The molecule has 12 heavy (non-hydrogen) atoms. The van der Waals surface area contributed by atoms with Crippen LogP contribution in [0.1, 0.15) is 0 Å². The molecular weight excluding hydrogens is 172 g/mol. The van der Waals surface area contributed by atoms with Crippen molar-refractivity contribution in [2.24, 2.45) is 0 Å². The van der Waals surface area contributed by atoms with E-state index in [0.717, 1.165) is 0 Å². The van der Waals surface area contributed by atoms with Crippen LogP contribution in [0.2, 0.25) is 19.6 Å². The van der Waals surface area contributed by atoms with Crippen molar-refractivity contribution < 1.29 is 4.32 Å². The van der Waals surface area contributed by atoms with Crippen LogP contribution in [0.4, 0.5) is 4.32 Å². The van der Waals surface area contributed by atoms with Crippen LogP contribution in [0.3, 0.4) is 0 Å². The number of hydrogen-bond donors (Lipinski definition) is 0. The average Bonchev–Trinajstić information content (AvgIpc) is 1.99. The van der Waals surface area contributed by atoms with Gasteiger partial charge in [0.1, 0.15) is 0 Å². The molecule has 0 aliphatic heterocycles. The molecule has 0 aromatic heterocycles. The van der Waals surface area contributed by atoms with Crippen LogP contribution >= 0.6 is 0 Å². The highest BCUT2D eigenvalue weighted by Crippen LogP contribution is 2.05. The van der Waals surface area contributed by atoms with Gasteiger partial charge in [-0.15, -0.1) is 0 Å². The number of hydrogen-bond acceptors (Lipinski definition) is 2. The summed E-state index contributed by atoms with van der Waals surface area (Å²) in [6.45, 7) is 5.60. The van der Waals surface area contributed by atoms with Gasteiger partial charge in [0.05, 0.1) is 5.97 Å². The van der Waals surface area contributed by atoms with Crippen molar-refractivity contribution in [2.75, 3.05) is 0 Å². The largest absolute Gasteiger partial charge is 0.492 e. The quantitative estimate of drug-likeness (QED) is 0.534. The van der Waals surface area contributed by atoms with Crippen molar-refractivity contribution in [3.05, 3.63) is 4.51 Å². The Kier molecular flexibility index (Phi) is 3.01. The third-order valence-corrected chi connectivity index (χ3v) is 1.73. The maximum atomic E-state index is 12.9. The van der Waals surface area contributed by atoms with Crippen molar-refractivity contribution in [1.29, 1.82) is 10.5 Å². The van der Waals surface area contributed by atoms with Gasteiger partial charge in [0.2, 0.25) is 0 Å². The number of halogens is 1. The summed E-state index contributed by atoms with van der Waals surface area (Å²) in [5.41, 5.74) is 0. The maximum Gasteiger partial charge on any atom is 0.492 e. The minimum absolute atomic E-state index is 1.25. The molecule has 3 nitrogen and oxygen atoms in total. The van der Waals surface area contributed by atoms with Gasteiger partial charge in [0.25, 0.3) is 0 Å². The van der Waals surface area contributed by atoms with Crippen molar-refractivity contribution >= 4 is 14.7 Å². The number of nitriles is 2. The molecule has 0 amide bonds.